The van der Waals surface area contributed by atoms with Gasteiger partial charge >= 0.3 is 0 Å². The number of benzene rings is 1. The number of rotatable bonds is 8. The highest BCUT2D eigenvalue weighted by Gasteiger charge is 2.20. The van der Waals surface area contributed by atoms with Crippen LogP contribution in [-0.2, 0) is 11.3 Å². The van der Waals surface area contributed by atoms with Gasteiger partial charge in [0.15, 0.2) is 0 Å². The number of nitrogens with zero attached hydrogens (tertiary/aromatic N) is 2. The molecule has 6 nitrogen and oxygen atoms in total. The lowest BCUT2D eigenvalue weighted by Crippen LogP contribution is -2.27. The van der Waals surface area contributed by atoms with Gasteiger partial charge in [0, 0.05) is 32.9 Å². The van der Waals surface area contributed by atoms with E-state index in [2.05, 4.69) is 15.2 Å². The Morgan fingerprint density at radius 3 is 2.65 bits per heavy atom. The number of hydrogen-bond acceptors (Lipinski definition) is 5. The molecule has 1 N–H and O–H groups in total. The van der Waals surface area contributed by atoms with E-state index in [9.17, 15) is 4.79 Å². The normalized spacial score (nSPS) is 13.7. The van der Waals surface area contributed by atoms with Gasteiger partial charge in [-0.3, -0.25) is 4.79 Å². The first kappa shape index (κ1) is 18.2. The van der Waals surface area contributed by atoms with E-state index in [-0.39, 0.29) is 5.91 Å². The molecular weight excluding hydrogens is 330 g/mol. The van der Waals surface area contributed by atoms with Gasteiger partial charge in [-0.05, 0) is 42.7 Å². The lowest BCUT2D eigenvalue weighted by atomic mass is 10.2. The van der Waals surface area contributed by atoms with Crippen molar-refractivity contribution in [1.29, 1.82) is 0 Å². The maximum atomic E-state index is 12.6. The van der Waals surface area contributed by atoms with Crippen molar-refractivity contribution in [2.45, 2.75) is 19.4 Å². The smallest absolute Gasteiger partial charge is 0.255 e. The summed E-state index contributed by atoms with van der Waals surface area (Å²) in [4.78, 5) is 19.2. The third-order valence-corrected chi connectivity index (χ3v) is 4.37. The van der Waals surface area contributed by atoms with Gasteiger partial charge in [0.25, 0.3) is 5.91 Å². The quantitative estimate of drug-likeness (QED) is 0.738. The summed E-state index contributed by atoms with van der Waals surface area (Å²) in [7, 11) is 1.65. The van der Waals surface area contributed by atoms with Crippen LogP contribution in [0.15, 0.2) is 42.6 Å². The molecule has 1 aromatic heterocycles. The molecule has 0 atom stereocenters. The molecule has 3 rings (SSSR count). The minimum absolute atomic E-state index is 0.0968. The molecule has 6 heteroatoms. The molecule has 0 aliphatic carbocycles. The average Bonchev–Trinajstić information content (AvgIpc) is 3.22. The first-order valence-corrected chi connectivity index (χ1v) is 8.97. The second kappa shape index (κ2) is 9.20. The van der Waals surface area contributed by atoms with E-state index in [1.807, 2.05) is 30.3 Å². The fourth-order valence-electron chi connectivity index (χ4n) is 2.98. The molecule has 0 unspecified atom stereocenters. The number of carbonyl (C=O) groups excluding carboxylic acids is 1. The lowest BCUT2D eigenvalue weighted by molar-refractivity contribution is 0.0951. The van der Waals surface area contributed by atoms with Gasteiger partial charge in [0.1, 0.15) is 18.2 Å². The number of nitrogens with one attached hydrogen (secondary N) is 1. The van der Waals surface area contributed by atoms with E-state index in [0.717, 1.165) is 43.1 Å². The van der Waals surface area contributed by atoms with E-state index < -0.39 is 0 Å². The molecule has 1 amide bonds. The number of amides is 1. The predicted molar refractivity (Wildman–Crippen MR) is 101 cm³/mol. The summed E-state index contributed by atoms with van der Waals surface area (Å²) in [6, 6.07) is 11.3. The molecule has 138 valence electrons. The van der Waals surface area contributed by atoms with Gasteiger partial charge in [0.2, 0.25) is 0 Å². The van der Waals surface area contributed by atoms with Crippen molar-refractivity contribution in [3.05, 3.63) is 53.7 Å². The highest BCUT2D eigenvalue weighted by atomic mass is 16.5. The zero-order chi connectivity index (χ0) is 18.2. The van der Waals surface area contributed by atoms with Crippen LogP contribution in [0, 0.1) is 0 Å². The first-order chi connectivity index (χ1) is 12.8. The van der Waals surface area contributed by atoms with Crippen LogP contribution < -0.4 is 15.0 Å². The van der Waals surface area contributed by atoms with E-state index in [1.54, 1.807) is 19.4 Å². The van der Waals surface area contributed by atoms with Gasteiger partial charge in [-0.1, -0.05) is 12.1 Å². The summed E-state index contributed by atoms with van der Waals surface area (Å²) in [5.41, 5.74) is 1.65. The Balaban J connectivity index is 1.57. The van der Waals surface area contributed by atoms with Gasteiger partial charge in [0.05, 0.1) is 12.2 Å². The Bertz CT molecular complexity index is 712. The van der Waals surface area contributed by atoms with Crippen LogP contribution in [0.3, 0.4) is 0 Å². The third kappa shape index (κ3) is 4.73. The molecule has 2 aromatic rings. The van der Waals surface area contributed by atoms with Gasteiger partial charge in [-0.25, -0.2) is 4.98 Å². The van der Waals surface area contributed by atoms with Crippen molar-refractivity contribution in [2.24, 2.45) is 0 Å². The Hall–Kier alpha value is -2.60. The lowest BCUT2D eigenvalue weighted by Gasteiger charge is -2.19. The minimum atomic E-state index is -0.0968. The number of carbonyl (C=O) groups is 1. The van der Waals surface area contributed by atoms with Crippen molar-refractivity contribution < 1.29 is 14.3 Å². The number of ether oxygens (including phenoxy) is 2. The highest BCUT2D eigenvalue weighted by molar-refractivity contribution is 5.98. The molecule has 26 heavy (non-hydrogen) atoms. The van der Waals surface area contributed by atoms with Gasteiger partial charge in [-0.15, -0.1) is 0 Å². The molecule has 1 fully saturated rings. The maximum Gasteiger partial charge on any atom is 0.255 e. The Kier molecular flexibility index (Phi) is 6.44. The molecule has 1 saturated heterocycles. The zero-order valence-electron chi connectivity index (χ0n) is 15.1. The molecule has 0 saturated carbocycles. The zero-order valence-corrected chi connectivity index (χ0v) is 15.1. The van der Waals surface area contributed by atoms with Crippen molar-refractivity contribution in [3.8, 4) is 5.75 Å². The van der Waals surface area contributed by atoms with Crippen LogP contribution in [0.5, 0.6) is 5.75 Å². The second-order valence-corrected chi connectivity index (χ2v) is 6.24. The predicted octanol–water partition coefficient (Wildman–Crippen LogP) is 2.64. The average molecular weight is 355 g/mol. The van der Waals surface area contributed by atoms with E-state index in [0.29, 0.717) is 25.3 Å². The third-order valence-electron chi connectivity index (χ3n) is 4.37. The standard InChI is InChI=1S/C20H25N3O3/c1-25-13-14-26-17-8-6-16(7-9-17)15-22-20(24)18-5-4-10-21-19(18)23-11-2-3-12-23/h4-10H,2-3,11-15H2,1H3,(H,22,24). The Morgan fingerprint density at radius 1 is 1.15 bits per heavy atom. The van der Waals surface area contributed by atoms with E-state index in [4.69, 9.17) is 9.47 Å². The molecule has 1 aliphatic heterocycles. The second-order valence-electron chi connectivity index (χ2n) is 6.24. The van der Waals surface area contributed by atoms with Crippen molar-refractivity contribution in [3.63, 3.8) is 0 Å². The molecule has 1 aliphatic rings. The van der Waals surface area contributed by atoms with Crippen molar-refractivity contribution >= 4 is 11.7 Å². The topological polar surface area (TPSA) is 63.7 Å². The summed E-state index contributed by atoms with van der Waals surface area (Å²) >= 11 is 0. The first-order valence-electron chi connectivity index (χ1n) is 8.97. The fraction of sp³-hybridized carbons (Fsp3) is 0.400. The van der Waals surface area contributed by atoms with Crippen LogP contribution in [-0.4, -0.2) is 44.3 Å². The summed E-state index contributed by atoms with van der Waals surface area (Å²) in [6.07, 6.45) is 4.04. The number of aromatic nitrogens is 1. The monoisotopic (exact) mass is 355 g/mol. The van der Waals surface area contributed by atoms with E-state index in [1.165, 1.54) is 0 Å². The molecule has 0 radical (unpaired) electrons. The van der Waals surface area contributed by atoms with Crippen LogP contribution in [0.25, 0.3) is 0 Å². The Labute approximate surface area is 154 Å². The van der Waals surface area contributed by atoms with Gasteiger partial charge < -0.3 is 19.7 Å². The number of hydrogen-bond donors (Lipinski definition) is 1. The maximum absolute atomic E-state index is 12.6. The largest absolute Gasteiger partial charge is 0.491 e. The highest BCUT2D eigenvalue weighted by Crippen LogP contribution is 2.22. The summed E-state index contributed by atoms with van der Waals surface area (Å²) < 4.78 is 10.5. The Morgan fingerprint density at radius 2 is 1.92 bits per heavy atom. The number of pyridine rings is 1. The molecule has 1 aromatic carbocycles. The summed E-state index contributed by atoms with van der Waals surface area (Å²) in [6.45, 7) is 3.46. The van der Waals surface area contributed by atoms with E-state index >= 15 is 0 Å². The molecule has 2 heterocycles. The fourth-order valence-corrected chi connectivity index (χ4v) is 2.98. The van der Waals surface area contributed by atoms with Crippen LogP contribution in [0.1, 0.15) is 28.8 Å². The summed E-state index contributed by atoms with van der Waals surface area (Å²) in [5, 5.41) is 2.98. The molecule has 0 bridgehead atoms. The summed E-state index contributed by atoms with van der Waals surface area (Å²) in [5.74, 6) is 1.48. The molecule has 0 spiro atoms. The SMILES string of the molecule is COCCOc1ccc(CNC(=O)c2cccnc2N2CCCC2)cc1. The minimum Gasteiger partial charge on any atom is -0.491 e. The van der Waals surface area contributed by atoms with Crippen LogP contribution >= 0.6 is 0 Å². The molecular formula is C20H25N3O3. The van der Waals surface area contributed by atoms with Crippen LogP contribution in [0.2, 0.25) is 0 Å². The van der Waals surface area contributed by atoms with Crippen molar-refractivity contribution in [2.75, 3.05) is 38.3 Å². The van der Waals surface area contributed by atoms with Crippen LogP contribution in [0.4, 0.5) is 5.82 Å². The number of anilines is 1. The van der Waals surface area contributed by atoms with Crippen molar-refractivity contribution in [1.82, 2.24) is 10.3 Å². The number of methoxy groups -OCH3 is 1. The van der Waals surface area contributed by atoms with Gasteiger partial charge in [-0.2, -0.15) is 0 Å².